The standard InChI is InChI=1S/C36H74NO7P/c1-6-8-10-12-14-15-16-17-18-19-20-21-22-23-25-27-29-36(38)44-35(33-41-31-28-26-24-13-11-9-7-2)34-43-45(39,40)42-32-30-37(3,4)5/h35H,6-34H2,1-5H3/p+1. The van der Waals surface area contributed by atoms with Gasteiger partial charge < -0.3 is 18.9 Å². The highest BCUT2D eigenvalue weighted by Crippen LogP contribution is 2.43. The van der Waals surface area contributed by atoms with E-state index in [-0.39, 0.29) is 25.8 Å². The number of nitrogens with zero attached hydrogens (tertiary/aromatic N) is 1. The Kier molecular flexibility index (Phi) is 30.5. The molecule has 0 aliphatic rings. The lowest BCUT2D eigenvalue weighted by atomic mass is 10.0. The molecule has 9 heteroatoms. The maximum Gasteiger partial charge on any atom is 0.472 e. The lowest BCUT2D eigenvalue weighted by Crippen LogP contribution is -2.37. The molecule has 0 rings (SSSR count). The third kappa shape index (κ3) is 34.6. The monoisotopic (exact) mass is 665 g/mol. The lowest BCUT2D eigenvalue weighted by Gasteiger charge is -2.24. The fourth-order valence-electron chi connectivity index (χ4n) is 5.20. The van der Waals surface area contributed by atoms with Gasteiger partial charge in [-0.05, 0) is 12.8 Å². The quantitative estimate of drug-likeness (QED) is 0.0312. The van der Waals surface area contributed by atoms with Gasteiger partial charge in [0, 0.05) is 13.0 Å². The number of phosphoric ester groups is 1. The number of phosphoric acid groups is 1. The van der Waals surface area contributed by atoms with Gasteiger partial charge in [-0.1, -0.05) is 149 Å². The molecule has 0 saturated heterocycles. The van der Waals surface area contributed by atoms with Crippen molar-refractivity contribution in [2.45, 2.75) is 174 Å². The Morgan fingerprint density at radius 3 is 1.47 bits per heavy atom. The average molecular weight is 665 g/mol. The van der Waals surface area contributed by atoms with Crippen molar-refractivity contribution in [2.24, 2.45) is 0 Å². The van der Waals surface area contributed by atoms with Crippen LogP contribution in [0.15, 0.2) is 0 Å². The summed E-state index contributed by atoms with van der Waals surface area (Å²) < 4.78 is 34.7. The molecule has 270 valence electrons. The number of carbonyl (C=O) groups excluding carboxylic acids is 1. The van der Waals surface area contributed by atoms with Gasteiger partial charge in [0.1, 0.15) is 19.3 Å². The number of hydrogen-bond acceptors (Lipinski definition) is 6. The minimum absolute atomic E-state index is 0.0930. The second kappa shape index (κ2) is 30.8. The van der Waals surface area contributed by atoms with Gasteiger partial charge in [0.05, 0.1) is 34.4 Å². The summed E-state index contributed by atoms with van der Waals surface area (Å²) in [5.74, 6) is -0.313. The van der Waals surface area contributed by atoms with Crippen LogP contribution in [0.4, 0.5) is 0 Å². The molecule has 2 atom stereocenters. The van der Waals surface area contributed by atoms with E-state index in [9.17, 15) is 14.3 Å². The van der Waals surface area contributed by atoms with Gasteiger partial charge in [0.25, 0.3) is 0 Å². The molecule has 0 bridgehead atoms. The molecular formula is C36H75NO7P+. The Labute approximate surface area is 278 Å². The zero-order chi connectivity index (χ0) is 33.5. The fraction of sp³-hybridized carbons (Fsp3) is 0.972. The molecule has 8 nitrogen and oxygen atoms in total. The molecule has 0 aromatic carbocycles. The van der Waals surface area contributed by atoms with Crippen LogP contribution in [-0.2, 0) is 27.9 Å². The second-order valence-electron chi connectivity index (χ2n) is 14.0. The smallest absolute Gasteiger partial charge is 0.457 e. The van der Waals surface area contributed by atoms with Gasteiger partial charge in [0.2, 0.25) is 0 Å². The minimum Gasteiger partial charge on any atom is -0.457 e. The van der Waals surface area contributed by atoms with E-state index in [0.717, 1.165) is 32.1 Å². The van der Waals surface area contributed by atoms with Gasteiger partial charge in [-0.15, -0.1) is 0 Å². The molecule has 0 saturated carbocycles. The molecule has 0 aromatic rings. The van der Waals surface area contributed by atoms with Gasteiger partial charge in [-0.2, -0.15) is 0 Å². The number of esters is 1. The third-order valence-electron chi connectivity index (χ3n) is 8.17. The summed E-state index contributed by atoms with van der Waals surface area (Å²) >= 11 is 0. The highest BCUT2D eigenvalue weighted by atomic mass is 31.2. The van der Waals surface area contributed by atoms with E-state index in [0.29, 0.717) is 24.1 Å². The van der Waals surface area contributed by atoms with Crippen molar-refractivity contribution in [3.05, 3.63) is 0 Å². The predicted molar refractivity (Wildman–Crippen MR) is 187 cm³/mol. The van der Waals surface area contributed by atoms with Crippen LogP contribution in [0.1, 0.15) is 168 Å². The number of ether oxygens (including phenoxy) is 2. The van der Waals surface area contributed by atoms with Crippen molar-refractivity contribution in [3.63, 3.8) is 0 Å². The summed E-state index contributed by atoms with van der Waals surface area (Å²) in [7, 11) is 1.68. The molecule has 45 heavy (non-hydrogen) atoms. The normalized spacial score (nSPS) is 14.0. The number of quaternary nitrogens is 1. The molecule has 0 heterocycles. The van der Waals surface area contributed by atoms with Crippen LogP contribution in [0.25, 0.3) is 0 Å². The molecule has 0 spiro atoms. The molecule has 0 fully saturated rings. The summed E-state index contributed by atoms with van der Waals surface area (Å²) in [5, 5.41) is 0. The van der Waals surface area contributed by atoms with Crippen LogP contribution < -0.4 is 0 Å². The lowest BCUT2D eigenvalue weighted by molar-refractivity contribution is -0.870. The Morgan fingerprint density at radius 2 is 1.02 bits per heavy atom. The SMILES string of the molecule is CCCCCCCCCCCCCCCCCCC(=O)OC(COCCCCCCCCC)COP(=O)(O)OCC[N+](C)(C)C. The van der Waals surface area contributed by atoms with Gasteiger partial charge in [-0.3, -0.25) is 13.8 Å². The first-order valence-corrected chi connectivity index (χ1v) is 20.3. The number of hydrogen-bond donors (Lipinski definition) is 1. The number of unbranched alkanes of at least 4 members (excludes halogenated alkanes) is 21. The molecule has 0 amide bonds. The molecule has 1 N–H and O–H groups in total. The summed E-state index contributed by atoms with van der Waals surface area (Å²) in [6, 6.07) is 0. The zero-order valence-electron chi connectivity index (χ0n) is 30.4. The molecule has 2 unspecified atom stereocenters. The van der Waals surface area contributed by atoms with Crippen LogP contribution >= 0.6 is 7.82 Å². The van der Waals surface area contributed by atoms with E-state index >= 15 is 0 Å². The van der Waals surface area contributed by atoms with Crippen molar-refractivity contribution in [1.29, 1.82) is 0 Å². The van der Waals surface area contributed by atoms with E-state index in [1.807, 2.05) is 21.1 Å². The molecule has 0 radical (unpaired) electrons. The fourth-order valence-corrected chi connectivity index (χ4v) is 5.94. The maximum absolute atomic E-state index is 12.6. The number of carbonyl (C=O) groups is 1. The summed E-state index contributed by atoms with van der Waals surface area (Å²) in [6.45, 7) is 5.61. The minimum atomic E-state index is -4.25. The largest absolute Gasteiger partial charge is 0.472 e. The van der Waals surface area contributed by atoms with Crippen LogP contribution in [0.2, 0.25) is 0 Å². The van der Waals surface area contributed by atoms with E-state index in [2.05, 4.69) is 13.8 Å². The molecule has 0 aliphatic carbocycles. The summed E-state index contributed by atoms with van der Waals surface area (Å²) in [5.41, 5.74) is 0. The summed E-state index contributed by atoms with van der Waals surface area (Å²) in [6.07, 6.45) is 28.5. The highest BCUT2D eigenvalue weighted by Gasteiger charge is 2.26. The number of rotatable bonds is 35. The van der Waals surface area contributed by atoms with Gasteiger partial charge in [-0.25, -0.2) is 4.57 Å². The first-order chi connectivity index (χ1) is 21.6. The van der Waals surface area contributed by atoms with E-state index in [1.54, 1.807) is 0 Å². The predicted octanol–water partition coefficient (Wildman–Crippen LogP) is 10.2. The highest BCUT2D eigenvalue weighted by molar-refractivity contribution is 7.47. The van der Waals surface area contributed by atoms with Crippen molar-refractivity contribution < 1.29 is 37.3 Å². The van der Waals surface area contributed by atoms with Crippen molar-refractivity contribution in [1.82, 2.24) is 0 Å². The Hall–Kier alpha value is -0.500. The second-order valence-corrected chi connectivity index (χ2v) is 15.4. The summed E-state index contributed by atoms with van der Waals surface area (Å²) in [4.78, 5) is 22.7. The van der Waals surface area contributed by atoms with Crippen molar-refractivity contribution >= 4 is 13.8 Å². The Balaban J connectivity index is 4.18. The maximum atomic E-state index is 12.6. The Morgan fingerprint density at radius 1 is 0.600 bits per heavy atom. The number of likely N-dealkylation sites (N-methyl/N-ethyl adjacent to an activating group) is 1. The molecule has 0 aromatic heterocycles. The van der Waals surface area contributed by atoms with E-state index in [4.69, 9.17) is 18.5 Å². The zero-order valence-corrected chi connectivity index (χ0v) is 31.3. The van der Waals surface area contributed by atoms with Crippen molar-refractivity contribution in [3.8, 4) is 0 Å². The van der Waals surface area contributed by atoms with Gasteiger partial charge >= 0.3 is 13.8 Å². The Bertz CT molecular complexity index is 701. The third-order valence-corrected chi connectivity index (χ3v) is 9.15. The van der Waals surface area contributed by atoms with Crippen LogP contribution in [0, 0.1) is 0 Å². The molecule has 0 aliphatic heterocycles. The van der Waals surface area contributed by atoms with Crippen LogP contribution in [0.5, 0.6) is 0 Å². The van der Waals surface area contributed by atoms with Crippen LogP contribution in [0.3, 0.4) is 0 Å². The van der Waals surface area contributed by atoms with Crippen molar-refractivity contribution in [2.75, 3.05) is 54.1 Å². The van der Waals surface area contributed by atoms with E-state index < -0.39 is 13.9 Å². The van der Waals surface area contributed by atoms with Gasteiger partial charge in [0.15, 0.2) is 0 Å². The first-order valence-electron chi connectivity index (χ1n) is 18.8. The topological polar surface area (TPSA) is 91.3 Å². The first kappa shape index (κ1) is 44.5. The molecular weight excluding hydrogens is 589 g/mol. The van der Waals surface area contributed by atoms with E-state index in [1.165, 1.54) is 116 Å². The average Bonchev–Trinajstić information content (AvgIpc) is 2.98. The van der Waals surface area contributed by atoms with Crippen LogP contribution in [-0.4, -0.2) is 75.6 Å².